The number of amides is 1. The summed E-state index contributed by atoms with van der Waals surface area (Å²) >= 11 is 0. The molecule has 0 aromatic heterocycles. The molecule has 0 saturated heterocycles. The Hall–Kier alpha value is -2.78. The molecular formula is C19H24N2O6S. The highest BCUT2D eigenvalue weighted by molar-refractivity contribution is 7.86. The molecule has 1 amide bonds. The van der Waals surface area contributed by atoms with Crippen molar-refractivity contribution in [2.45, 2.75) is 24.8 Å². The van der Waals surface area contributed by atoms with Gasteiger partial charge < -0.3 is 29.4 Å². The van der Waals surface area contributed by atoms with Gasteiger partial charge in [0.1, 0.15) is 11.0 Å². The number of carbonyl (C=O) groups excluding carboxylic acids is 1. The quantitative estimate of drug-likeness (QED) is 0.589. The highest BCUT2D eigenvalue weighted by Gasteiger charge is 2.16. The Kier molecular flexibility index (Phi) is 7.65. The predicted octanol–water partition coefficient (Wildman–Crippen LogP) is 2.69. The number of ether oxygens (including phenoxy) is 3. The number of carbonyl (C=O) groups is 1. The van der Waals surface area contributed by atoms with Gasteiger partial charge in [0.05, 0.1) is 38.5 Å². The molecule has 9 heteroatoms. The number of methoxy groups -OCH3 is 3. The number of aliphatic hydroxyl groups is 1. The lowest BCUT2D eigenvalue weighted by molar-refractivity contribution is -0.115. The van der Waals surface area contributed by atoms with Crippen LogP contribution in [0.2, 0.25) is 0 Å². The van der Waals surface area contributed by atoms with Crippen molar-refractivity contribution in [1.82, 2.24) is 0 Å². The van der Waals surface area contributed by atoms with Crippen molar-refractivity contribution in [3.63, 3.8) is 0 Å². The van der Waals surface area contributed by atoms with Gasteiger partial charge >= 0.3 is 0 Å². The van der Waals surface area contributed by atoms with Crippen LogP contribution in [-0.2, 0) is 22.4 Å². The molecule has 0 aliphatic carbocycles. The predicted molar refractivity (Wildman–Crippen MR) is 107 cm³/mol. The van der Waals surface area contributed by atoms with Gasteiger partial charge in [-0.3, -0.25) is 4.79 Å². The van der Waals surface area contributed by atoms with E-state index < -0.39 is 11.0 Å². The fourth-order valence-corrected chi connectivity index (χ4v) is 3.34. The summed E-state index contributed by atoms with van der Waals surface area (Å²) in [5.41, 5.74) is 1.46. The summed E-state index contributed by atoms with van der Waals surface area (Å²) in [5, 5.41) is 12.2. The molecular weight excluding hydrogens is 384 g/mol. The van der Waals surface area contributed by atoms with E-state index >= 15 is 0 Å². The molecule has 1 atom stereocenters. The number of hydrogen-bond acceptors (Lipinski definition) is 6. The average Bonchev–Trinajstić information content (AvgIpc) is 2.72. The lowest BCUT2D eigenvalue weighted by atomic mass is 10.2. The molecule has 2 aromatic carbocycles. The van der Waals surface area contributed by atoms with E-state index in [0.29, 0.717) is 45.5 Å². The zero-order chi connectivity index (χ0) is 20.7. The first-order valence-electron chi connectivity index (χ1n) is 8.49. The summed E-state index contributed by atoms with van der Waals surface area (Å²) in [5.74, 6) is 1.08. The number of benzene rings is 2. The summed E-state index contributed by atoms with van der Waals surface area (Å²) in [6.07, 6.45) is 0.294. The van der Waals surface area contributed by atoms with Gasteiger partial charge in [0.25, 0.3) is 0 Å². The second-order valence-corrected chi connectivity index (χ2v) is 6.88. The van der Waals surface area contributed by atoms with E-state index in [-0.39, 0.29) is 12.5 Å². The van der Waals surface area contributed by atoms with Crippen LogP contribution in [0.25, 0.3) is 0 Å². The number of hydrogen-bond donors (Lipinski definition) is 3. The van der Waals surface area contributed by atoms with Gasteiger partial charge in [0.15, 0.2) is 11.5 Å². The highest BCUT2D eigenvalue weighted by Crippen LogP contribution is 2.40. The largest absolute Gasteiger partial charge is 0.493 e. The van der Waals surface area contributed by atoms with Crippen molar-refractivity contribution >= 4 is 28.3 Å². The van der Waals surface area contributed by atoms with Crippen molar-refractivity contribution in [1.29, 1.82) is 0 Å². The van der Waals surface area contributed by atoms with Gasteiger partial charge in [-0.05, 0) is 12.1 Å². The number of anilines is 2. The second kappa shape index (κ2) is 9.95. The zero-order valence-electron chi connectivity index (χ0n) is 16.2. The summed E-state index contributed by atoms with van der Waals surface area (Å²) < 4.78 is 31.5. The monoisotopic (exact) mass is 408 g/mol. The van der Waals surface area contributed by atoms with Gasteiger partial charge in [-0.15, -0.1) is 0 Å². The van der Waals surface area contributed by atoms with Crippen molar-refractivity contribution in [2.24, 2.45) is 0 Å². The third-order valence-electron chi connectivity index (χ3n) is 3.94. The molecule has 0 heterocycles. The Morgan fingerprint density at radius 1 is 1.07 bits per heavy atom. The lowest BCUT2D eigenvalue weighted by Gasteiger charge is -2.15. The summed E-state index contributed by atoms with van der Waals surface area (Å²) in [4.78, 5) is 12.1. The summed E-state index contributed by atoms with van der Waals surface area (Å²) in [6, 6.07) is 8.09. The molecule has 0 fully saturated rings. The Bertz CT molecular complexity index is 846. The Morgan fingerprint density at radius 3 is 2.21 bits per heavy atom. The SMILES string of the molecule is CCC(=O)Nc1cc(S(=O)Nc2cc(OC)c(OC)c(OC)c2)ccc1CO. The lowest BCUT2D eigenvalue weighted by Crippen LogP contribution is -2.13. The van der Waals surface area contributed by atoms with E-state index in [1.165, 1.54) is 21.3 Å². The molecule has 8 nitrogen and oxygen atoms in total. The first kappa shape index (κ1) is 21.5. The molecule has 1 unspecified atom stereocenters. The smallest absolute Gasteiger partial charge is 0.224 e. The molecule has 0 bridgehead atoms. The van der Waals surface area contributed by atoms with Crippen LogP contribution in [0.3, 0.4) is 0 Å². The standard InChI is InChI=1S/C19H24N2O6S/c1-5-18(23)20-15-10-14(7-6-12(15)11-22)28(24)21-13-8-16(25-2)19(27-4)17(9-13)26-3/h6-10,21-22H,5,11H2,1-4H3,(H,20,23). The van der Waals surface area contributed by atoms with E-state index in [2.05, 4.69) is 10.0 Å². The van der Waals surface area contributed by atoms with Crippen molar-refractivity contribution in [2.75, 3.05) is 31.4 Å². The van der Waals surface area contributed by atoms with Crippen LogP contribution >= 0.6 is 0 Å². The van der Waals surface area contributed by atoms with E-state index in [4.69, 9.17) is 14.2 Å². The van der Waals surface area contributed by atoms with Crippen molar-refractivity contribution in [3.05, 3.63) is 35.9 Å². The molecule has 3 N–H and O–H groups in total. The normalized spacial score (nSPS) is 11.5. The van der Waals surface area contributed by atoms with Crippen LogP contribution in [0.5, 0.6) is 17.2 Å². The molecule has 28 heavy (non-hydrogen) atoms. The summed E-state index contributed by atoms with van der Waals surface area (Å²) in [7, 11) is 2.85. The molecule has 0 radical (unpaired) electrons. The van der Waals surface area contributed by atoms with Crippen LogP contribution < -0.4 is 24.2 Å². The first-order valence-corrected chi connectivity index (χ1v) is 9.64. The molecule has 0 saturated carbocycles. The zero-order valence-corrected chi connectivity index (χ0v) is 17.0. The maximum atomic E-state index is 12.8. The van der Waals surface area contributed by atoms with E-state index in [1.54, 1.807) is 37.3 Å². The molecule has 152 valence electrons. The molecule has 0 aliphatic rings. The Labute approximate surface area is 166 Å². The fourth-order valence-electron chi connectivity index (χ4n) is 2.47. The van der Waals surface area contributed by atoms with Crippen LogP contribution in [-0.4, -0.2) is 36.6 Å². The van der Waals surface area contributed by atoms with E-state index in [1.807, 2.05) is 0 Å². The minimum absolute atomic E-state index is 0.199. The van der Waals surface area contributed by atoms with Crippen LogP contribution in [0, 0.1) is 0 Å². The fraction of sp³-hybridized carbons (Fsp3) is 0.316. The van der Waals surface area contributed by atoms with Gasteiger partial charge in [0.2, 0.25) is 11.7 Å². The van der Waals surface area contributed by atoms with Gasteiger partial charge in [-0.1, -0.05) is 13.0 Å². The third-order valence-corrected chi connectivity index (χ3v) is 5.04. The minimum Gasteiger partial charge on any atom is -0.493 e. The van der Waals surface area contributed by atoms with E-state index in [0.717, 1.165) is 0 Å². The van der Waals surface area contributed by atoms with Gasteiger partial charge in [-0.25, -0.2) is 4.21 Å². The van der Waals surface area contributed by atoms with Crippen LogP contribution in [0.4, 0.5) is 11.4 Å². The van der Waals surface area contributed by atoms with Crippen LogP contribution in [0.1, 0.15) is 18.9 Å². The molecule has 0 aliphatic heterocycles. The second-order valence-electron chi connectivity index (χ2n) is 5.66. The Morgan fingerprint density at radius 2 is 1.71 bits per heavy atom. The van der Waals surface area contributed by atoms with Gasteiger partial charge in [0, 0.05) is 29.8 Å². The number of aliphatic hydroxyl groups excluding tert-OH is 1. The molecule has 0 spiro atoms. The van der Waals surface area contributed by atoms with E-state index in [9.17, 15) is 14.1 Å². The number of nitrogens with one attached hydrogen (secondary N) is 2. The third kappa shape index (κ3) is 4.93. The topological polar surface area (TPSA) is 106 Å². The Balaban J connectivity index is 2.32. The maximum absolute atomic E-state index is 12.8. The molecule has 2 aromatic rings. The van der Waals surface area contributed by atoms with Crippen molar-refractivity contribution < 1.29 is 28.3 Å². The van der Waals surface area contributed by atoms with Gasteiger partial charge in [-0.2, -0.15) is 0 Å². The minimum atomic E-state index is -1.64. The maximum Gasteiger partial charge on any atom is 0.224 e. The first-order chi connectivity index (χ1) is 13.5. The van der Waals surface area contributed by atoms with Crippen molar-refractivity contribution in [3.8, 4) is 17.2 Å². The molecule has 2 rings (SSSR count). The number of rotatable bonds is 9. The average molecular weight is 408 g/mol. The highest BCUT2D eigenvalue weighted by atomic mass is 32.2. The van der Waals surface area contributed by atoms with Crippen LogP contribution in [0.15, 0.2) is 35.2 Å². The summed E-state index contributed by atoms with van der Waals surface area (Å²) in [6.45, 7) is 1.48.